The lowest BCUT2D eigenvalue weighted by Crippen LogP contribution is -2.46. The summed E-state index contributed by atoms with van der Waals surface area (Å²) in [6.07, 6.45) is 7.32. The summed E-state index contributed by atoms with van der Waals surface area (Å²) in [6.45, 7) is 8.36. The molecule has 0 radical (unpaired) electrons. The number of nitrogens with one attached hydrogen (secondary N) is 1. The Hall–Kier alpha value is -2.43. The molecule has 3 aromatic rings. The number of carbonyl (C=O) groups excluding carboxylic acids is 1. The van der Waals surface area contributed by atoms with Crippen LogP contribution in [-0.2, 0) is 4.74 Å². The molecule has 2 aromatic heterocycles. The molecular weight excluding hydrogens is 538 g/mol. The largest absolute Gasteiger partial charge is 0.378 e. The number of hydrogen-bond donors (Lipinski definition) is 1. The van der Waals surface area contributed by atoms with Crippen LogP contribution in [0.1, 0.15) is 28.9 Å². The van der Waals surface area contributed by atoms with Crippen LogP contribution in [0.15, 0.2) is 53.8 Å². The number of rotatable bonds is 6. The van der Waals surface area contributed by atoms with Gasteiger partial charge in [0.05, 0.1) is 22.8 Å². The van der Waals surface area contributed by atoms with Crippen molar-refractivity contribution in [2.24, 2.45) is 0 Å². The molecule has 0 spiro atoms. The van der Waals surface area contributed by atoms with Crippen molar-refractivity contribution >= 4 is 60.5 Å². The van der Waals surface area contributed by atoms with Crippen LogP contribution in [0.25, 0.3) is 9.53 Å². The van der Waals surface area contributed by atoms with Gasteiger partial charge in [-0.3, -0.25) is 9.69 Å². The first-order valence-electron chi connectivity index (χ1n) is 13.3. The maximum atomic E-state index is 13.0. The van der Waals surface area contributed by atoms with Crippen molar-refractivity contribution in [3.63, 3.8) is 0 Å². The number of halogens is 1. The van der Waals surface area contributed by atoms with Gasteiger partial charge in [-0.15, -0.1) is 11.3 Å². The second-order valence-electron chi connectivity index (χ2n) is 9.94. The molecule has 10 heteroatoms. The fourth-order valence-corrected chi connectivity index (χ4v) is 7.45. The van der Waals surface area contributed by atoms with Crippen molar-refractivity contribution in [3.8, 4) is 0 Å². The third-order valence-electron chi connectivity index (χ3n) is 7.31. The summed E-state index contributed by atoms with van der Waals surface area (Å²) in [6, 6.07) is 10.1. The predicted molar refractivity (Wildman–Crippen MR) is 158 cm³/mol. The first-order chi connectivity index (χ1) is 18.6. The van der Waals surface area contributed by atoms with Gasteiger partial charge in [0.1, 0.15) is 4.83 Å². The lowest BCUT2D eigenvalue weighted by atomic mass is 10.1. The third-order valence-corrected chi connectivity index (χ3v) is 9.78. The summed E-state index contributed by atoms with van der Waals surface area (Å²) < 4.78 is 6.52. The van der Waals surface area contributed by atoms with Gasteiger partial charge in [-0.1, -0.05) is 34.6 Å². The molecule has 38 heavy (non-hydrogen) atoms. The molecule has 0 saturated carbocycles. The van der Waals surface area contributed by atoms with E-state index in [1.165, 1.54) is 22.6 Å². The molecular formula is C28H32ClN5O2S2. The van der Waals surface area contributed by atoms with E-state index in [1.807, 2.05) is 18.2 Å². The molecule has 2 fully saturated rings. The number of fused-ring (bicyclic) bond motifs is 1. The van der Waals surface area contributed by atoms with E-state index in [0.29, 0.717) is 0 Å². The lowest BCUT2D eigenvalue weighted by molar-refractivity contribution is 0.0968. The van der Waals surface area contributed by atoms with E-state index in [-0.39, 0.29) is 5.91 Å². The fourth-order valence-electron chi connectivity index (χ4n) is 5.16. The van der Waals surface area contributed by atoms with E-state index >= 15 is 0 Å². The van der Waals surface area contributed by atoms with Crippen molar-refractivity contribution in [1.82, 2.24) is 15.2 Å². The van der Waals surface area contributed by atoms with Crippen molar-refractivity contribution in [1.29, 1.82) is 0 Å². The number of piperazine rings is 1. The van der Waals surface area contributed by atoms with E-state index in [2.05, 4.69) is 44.3 Å². The smallest absolute Gasteiger partial charge is 0.265 e. The molecule has 2 aliphatic heterocycles. The van der Waals surface area contributed by atoms with Crippen LogP contribution in [0.4, 0.5) is 10.8 Å². The number of morpholine rings is 1. The lowest BCUT2D eigenvalue weighted by Gasteiger charge is -2.36. The number of ether oxygens (including phenoxy) is 1. The molecule has 1 aliphatic carbocycles. The monoisotopic (exact) mass is 569 g/mol. The highest BCUT2D eigenvalue weighted by Crippen LogP contribution is 2.35. The van der Waals surface area contributed by atoms with Crippen LogP contribution in [0.5, 0.6) is 0 Å². The molecule has 1 amide bonds. The standard InChI is InChI=1S/C28H32ClN5O2S2/c29-21-5-8-23(9-6-21)33-12-10-32(11-13-33)19-20-2-1-3-22(7-4-20)30-26(35)24-18-25-27(37-24)31-28(38-25)34-14-16-36-17-15-34/h4-9,18H,1-3,10-17,19H2,(H,30,35). The summed E-state index contributed by atoms with van der Waals surface area (Å²) in [5.74, 6) is -0.0328. The number of thiophene rings is 1. The van der Waals surface area contributed by atoms with Gasteiger partial charge in [-0.2, -0.15) is 0 Å². The quantitative estimate of drug-likeness (QED) is 0.429. The van der Waals surface area contributed by atoms with Gasteiger partial charge < -0.3 is 19.9 Å². The average molecular weight is 570 g/mol. The van der Waals surface area contributed by atoms with Gasteiger partial charge in [0.15, 0.2) is 5.13 Å². The van der Waals surface area contributed by atoms with Crippen molar-refractivity contribution < 1.29 is 9.53 Å². The van der Waals surface area contributed by atoms with Crippen molar-refractivity contribution in [2.75, 3.05) is 68.8 Å². The molecule has 1 N–H and O–H groups in total. The van der Waals surface area contributed by atoms with Gasteiger partial charge >= 0.3 is 0 Å². The second kappa shape index (κ2) is 11.8. The Kier molecular flexibility index (Phi) is 7.99. The number of amides is 1. The van der Waals surface area contributed by atoms with Gasteiger partial charge in [0.2, 0.25) is 0 Å². The number of carbonyl (C=O) groups is 1. The maximum Gasteiger partial charge on any atom is 0.265 e. The molecule has 1 aromatic carbocycles. The molecule has 4 heterocycles. The molecule has 200 valence electrons. The minimum absolute atomic E-state index is 0.0328. The number of hydrogen-bond acceptors (Lipinski definition) is 8. The summed E-state index contributed by atoms with van der Waals surface area (Å²) in [4.78, 5) is 26.7. The summed E-state index contributed by atoms with van der Waals surface area (Å²) in [5.41, 5.74) is 3.67. The minimum Gasteiger partial charge on any atom is -0.378 e. The minimum atomic E-state index is -0.0328. The van der Waals surface area contributed by atoms with Crippen molar-refractivity contribution in [3.05, 3.63) is 63.7 Å². The number of thiazole rings is 1. The number of benzene rings is 1. The van der Waals surface area contributed by atoms with Crippen molar-refractivity contribution in [2.45, 2.75) is 19.3 Å². The summed E-state index contributed by atoms with van der Waals surface area (Å²) >= 11 is 9.18. The van der Waals surface area contributed by atoms with E-state index < -0.39 is 0 Å². The third kappa shape index (κ3) is 6.07. The zero-order valence-corrected chi connectivity index (χ0v) is 23.7. The highest BCUT2D eigenvalue weighted by molar-refractivity contribution is 7.29. The van der Waals surface area contributed by atoms with Crippen LogP contribution < -0.4 is 15.1 Å². The van der Waals surface area contributed by atoms with Gasteiger partial charge in [0.25, 0.3) is 5.91 Å². The number of nitrogens with zero attached hydrogens (tertiary/aromatic N) is 4. The predicted octanol–water partition coefficient (Wildman–Crippen LogP) is 5.39. The number of anilines is 2. The van der Waals surface area contributed by atoms with Crippen LogP contribution in [0, 0.1) is 0 Å². The Morgan fingerprint density at radius 2 is 1.76 bits per heavy atom. The first kappa shape index (κ1) is 25.8. The second-order valence-corrected chi connectivity index (χ2v) is 12.4. The normalized spacial score (nSPS) is 19.3. The molecule has 0 bridgehead atoms. The van der Waals surface area contributed by atoms with Gasteiger partial charge in [-0.25, -0.2) is 4.98 Å². The van der Waals surface area contributed by atoms with Crippen LogP contribution in [0.3, 0.4) is 0 Å². The fraction of sp³-hybridized carbons (Fsp3) is 0.429. The number of allylic oxidation sites excluding steroid dienone is 3. The Bertz CT molecular complexity index is 1300. The molecule has 2 saturated heterocycles. The molecule has 0 unspecified atom stereocenters. The van der Waals surface area contributed by atoms with Gasteiger partial charge in [-0.05, 0) is 55.7 Å². The molecule has 7 nitrogen and oxygen atoms in total. The first-order valence-corrected chi connectivity index (χ1v) is 15.3. The van der Waals surface area contributed by atoms with Crippen LogP contribution in [-0.4, -0.2) is 74.8 Å². The SMILES string of the molecule is O=C(NC1=CC=C(CN2CCN(c3ccc(Cl)cc3)CC2)CCC1)c1cc2sc(N3CCOCC3)nc2s1. The zero-order valence-electron chi connectivity index (χ0n) is 21.3. The van der Waals surface area contributed by atoms with E-state index in [4.69, 9.17) is 21.3 Å². The Labute approximate surface area is 236 Å². The number of aromatic nitrogens is 1. The Balaban J connectivity index is 1.02. The van der Waals surface area contributed by atoms with Crippen LogP contribution >= 0.6 is 34.3 Å². The highest BCUT2D eigenvalue weighted by Gasteiger charge is 2.21. The summed E-state index contributed by atoms with van der Waals surface area (Å²) in [7, 11) is 0. The Morgan fingerprint density at radius 1 is 0.974 bits per heavy atom. The Morgan fingerprint density at radius 3 is 2.53 bits per heavy atom. The highest BCUT2D eigenvalue weighted by atomic mass is 35.5. The van der Waals surface area contributed by atoms with Gasteiger partial charge in [0, 0.05) is 62.2 Å². The molecule has 0 atom stereocenters. The molecule has 6 rings (SSSR count). The van der Waals surface area contributed by atoms with Crippen LogP contribution in [0.2, 0.25) is 5.02 Å². The van der Waals surface area contributed by atoms with E-state index in [0.717, 1.165) is 109 Å². The summed E-state index contributed by atoms with van der Waals surface area (Å²) in [5, 5.41) is 4.97. The van der Waals surface area contributed by atoms with E-state index in [9.17, 15) is 4.79 Å². The topological polar surface area (TPSA) is 60.9 Å². The maximum absolute atomic E-state index is 13.0. The average Bonchev–Trinajstić information content (AvgIpc) is 3.45. The molecule has 3 aliphatic rings. The van der Waals surface area contributed by atoms with E-state index in [1.54, 1.807) is 11.3 Å². The zero-order chi connectivity index (χ0) is 25.9.